The molecule has 0 aromatic heterocycles. The fourth-order valence-electron chi connectivity index (χ4n) is 4.11. The Labute approximate surface area is 144 Å². The van der Waals surface area contributed by atoms with Crippen molar-refractivity contribution in [2.24, 2.45) is 10.8 Å². The smallest absolute Gasteiger partial charge is 0.240 e. The van der Waals surface area contributed by atoms with Crippen molar-refractivity contribution >= 4 is 5.91 Å². The van der Waals surface area contributed by atoms with Gasteiger partial charge in [0.2, 0.25) is 5.91 Å². The number of hydrogen-bond donors (Lipinski definition) is 1. The third-order valence-corrected chi connectivity index (χ3v) is 5.49. The van der Waals surface area contributed by atoms with Gasteiger partial charge in [-0.05, 0) is 18.4 Å². The highest BCUT2D eigenvalue weighted by molar-refractivity contribution is 5.85. The second-order valence-electron chi connectivity index (χ2n) is 7.88. The number of likely N-dealkylation sites (tertiary alicyclic amines) is 1. The molecule has 24 heavy (non-hydrogen) atoms. The van der Waals surface area contributed by atoms with Crippen LogP contribution in [-0.4, -0.2) is 30.4 Å². The van der Waals surface area contributed by atoms with Crippen molar-refractivity contribution in [3.8, 4) is 6.07 Å². The van der Waals surface area contributed by atoms with Crippen LogP contribution in [0.2, 0.25) is 0 Å². The summed E-state index contributed by atoms with van der Waals surface area (Å²) in [7, 11) is 0. The molecule has 128 valence electrons. The molecule has 1 aromatic rings. The highest BCUT2D eigenvalue weighted by atomic mass is 16.2. The highest BCUT2D eigenvalue weighted by Gasteiger charge is 2.43. The molecule has 1 aromatic carbocycles. The molecular weight excluding hydrogens is 298 g/mol. The second kappa shape index (κ2) is 6.94. The lowest BCUT2D eigenvalue weighted by molar-refractivity contribution is -0.130. The number of nitriles is 1. The molecule has 1 amide bonds. The van der Waals surface area contributed by atoms with Crippen molar-refractivity contribution in [2.75, 3.05) is 19.6 Å². The summed E-state index contributed by atoms with van der Waals surface area (Å²) in [5.74, 6) is -0.0487. The molecule has 1 saturated heterocycles. The van der Waals surface area contributed by atoms with Crippen LogP contribution in [0.4, 0.5) is 0 Å². The van der Waals surface area contributed by atoms with Crippen LogP contribution in [0.15, 0.2) is 30.3 Å². The molecule has 0 spiro atoms. The zero-order valence-corrected chi connectivity index (χ0v) is 14.6. The number of rotatable bonds is 5. The fourth-order valence-corrected chi connectivity index (χ4v) is 4.11. The number of nitrogens with one attached hydrogen (secondary N) is 1. The quantitative estimate of drug-likeness (QED) is 0.905. The van der Waals surface area contributed by atoms with E-state index >= 15 is 0 Å². The van der Waals surface area contributed by atoms with E-state index in [0.717, 1.165) is 38.9 Å². The fraction of sp³-hybridized carbons (Fsp3) is 0.600. The molecule has 1 saturated carbocycles. The summed E-state index contributed by atoms with van der Waals surface area (Å²) in [5.41, 5.74) is 0.673. The van der Waals surface area contributed by atoms with Gasteiger partial charge in [0.15, 0.2) is 0 Å². The average molecular weight is 325 g/mol. The van der Waals surface area contributed by atoms with Gasteiger partial charge in [-0.15, -0.1) is 0 Å². The summed E-state index contributed by atoms with van der Waals surface area (Å²) in [4.78, 5) is 15.0. The van der Waals surface area contributed by atoms with E-state index in [1.54, 1.807) is 0 Å². The maximum absolute atomic E-state index is 12.6. The number of hydrogen-bond acceptors (Lipinski definition) is 3. The summed E-state index contributed by atoms with van der Waals surface area (Å²) in [6.07, 6.45) is 4.55. The van der Waals surface area contributed by atoms with E-state index in [0.29, 0.717) is 19.4 Å². The van der Waals surface area contributed by atoms with Gasteiger partial charge in [0.1, 0.15) is 5.41 Å². The Morgan fingerprint density at radius 2 is 1.88 bits per heavy atom. The summed E-state index contributed by atoms with van der Waals surface area (Å²) in [6.45, 7) is 5.82. The SMILES string of the molecule is CC1(CNC(=O)C2(C#N)CCCCC2)CN(Cc2ccccc2)C1. The van der Waals surface area contributed by atoms with Crippen LogP contribution in [-0.2, 0) is 11.3 Å². The Kier molecular flexibility index (Phi) is 4.91. The Morgan fingerprint density at radius 1 is 1.21 bits per heavy atom. The summed E-state index contributed by atoms with van der Waals surface area (Å²) < 4.78 is 0. The van der Waals surface area contributed by atoms with Gasteiger partial charge in [0, 0.05) is 31.6 Å². The average Bonchev–Trinajstić information content (AvgIpc) is 2.60. The minimum absolute atomic E-state index is 0.0487. The zero-order valence-electron chi connectivity index (χ0n) is 14.6. The second-order valence-corrected chi connectivity index (χ2v) is 7.88. The third kappa shape index (κ3) is 3.62. The van der Waals surface area contributed by atoms with E-state index in [4.69, 9.17) is 0 Å². The zero-order chi connectivity index (χ0) is 17.0. The summed E-state index contributed by atoms with van der Waals surface area (Å²) in [5, 5.41) is 12.6. The molecule has 4 heteroatoms. The van der Waals surface area contributed by atoms with Crippen molar-refractivity contribution < 1.29 is 4.79 Å². The normalized spacial score (nSPS) is 22.2. The van der Waals surface area contributed by atoms with Crippen LogP contribution >= 0.6 is 0 Å². The molecule has 3 rings (SSSR count). The molecule has 0 atom stereocenters. The number of amides is 1. The van der Waals surface area contributed by atoms with Crippen LogP contribution in [0.5, 0.6) is 0 Å². The first-order valence-electron chi connectivity index (χ1n) is 9.01. The monoisotopic (exact) mass is 325 g/mol. The molecule has 1 aliphatic heterocycles. The number of carbonyl (C=O) groups is 1. The minimum Gasteiger partial charge on any atom is -0.354 e. The van der Waals surface area contributed by atoms with Crippen LogP contribution in [0.3, 0.4) is 0 Å². The van der Waals surface area contributed by atoms with Crippen molar-refractivity contribution in [1.29, 1.82) is 5.26 Å². The molecule has 2 aliphatic rings. The lowest BCUT2D eigenvalue weighted by Crippen LogP contribution is -2.59. The van der Waals surface area contributed by atoms with E-state index in [-0.39, 0.29) is 11.3 Å². The first-order valence-corrected chi connectivity index (χ1v) is 9.01. The van der Waals surface area contributed by atoms with Crippen molar-refractivity contribution in [3.63, 3.8) is 0 Å². The highest BCUT2D eigenvalue weighted by Crippen LogP contribution is 2.36. The standard InChI is InChI=1S/C20H27N3O/c1-19(15-23(16-19)12-17-8-4-2-5-9-17)14-22-18(24)20(13-21)10-6-3-7-11-20/h2,4-5,8-9H,3,6-7,10-12,14-16H2,1H3,(H,22,24). The van der Waals surface area contributed by atoms with Crippen LogP contribution in [0, 0.1) is 22.2 Å². The molecule has 1 aliphatic carbocycles. The predicted molar refractivity (Wildman–Crippen MR) is 94.0 cm³/mol. The van der Waals surface area contributed by atoms with Gasteiger partial charge in [-0.25, -0.2) is 0 Å². The number of nitrogens with zero attached hydrogens (tertiary/aromatic N) is 2. The van der Waals surface area contributed by atoms with Gasteiger partial charge in [0.25, 0.3) is 0 Å². The van der Waals surface area contributed by atoms with Gasteiger partial charge >= 0.3 is 0 Å². The summed E-state index contributed by atoms with van der Waals surface area (Å²) in [6, 6.07) is 12.8. The first-order chi connectivity index (χ1) is 11.6. The van der Waals surface area contributed by atoms with Gasteiger partial charge in [-0.3, -0.25) is 9.69 Å². The minimum atomic E-state index is -0.776. The third-order valence-electron chi connectivity index (χ3n) is 5.49. The largest absolute Gasteiger partial charge is 0.354 e. The van der Waals surface area contributed by atoms with Crippen LogP contribution < -0.4 is 5.32 Å². The van der Waals surface area contributed by atoms with Gasteiger partial charge in [-0.1, -0.05) is 56.5 Å². The van der Waals surface area contributed by atoms with Crippen LogP contribution in [0.25, 0.3) is 0 Å². The van der Waals surface area contributed by atoms with Crippen LogP contribution in [0.1, 0.15) is 44.6 Å². The molecular formula is C20H27N3O. The number of benzene rings is 1. The van der Waals surface area contributed by atoms with Crippen molar-refractivity contribution in [3.05, 3.63) is 35.9 Å². The molecule has 2 fully saturated rings. The first kappa shape index (κ1) is 17.0. The Morgan fingerprint density at radius 3 is 2.50 bits per heavy atom. The van der Waals surface area contributed by atoms with E-state index in [9.17, 15) is 10.1 Å². The topological polar surface area (TPSA) is 56.1 Å². The molecule has 1 heterocycles. The molecule has 0 bridgehead atoms. The molecule has 4 nitrogen and oxygen atoms in total. The predicted octanol–water partition coefficient (Wildman–Crippen LogP) is 3.10. The maximum atomic E-state index is 12.6. The Hall–Kier alpha value is -1.86. The van der Waals surface area contributed by atoms with Gasteiger partial charge in [-0.2, -0.15) is 5.26 Å². The lowest BCUT2D eigenvalue weighted by Gasteiger charge is -2.48. The Bertz CT molecular complexity index is 608. The van der Waals surface area contributed by atoms with E-state index in [1.807, 2.05) is 6.07 Å². The Balaban J connectivity index is 1.47. The summed E-state index contributed by atoms with van der Waals surface area (Å²) >= 11 is 0. The van der Waals surface area contributed by atoms with Gasteiger partial charge in [0.05, 0.1) is 6.07 Å². The van der Waals surface area contributed by atoms with E-state index < -0.39 is 5.41 Å². The molecule has 1 N–H and O–H groups in total. The van der Waals surface area contributed by atoms with E-state index in [2.05, 4.69) is 47.5 Å². The molecule has 0 radical (unpaired) electrons. The lowest BCUT2D eigenvalue weighted by atomic mass is 9.74. The maximum Gasteiger partial charge on any atom is 0.240 e. The van der Waals surface area contributed by atoms with E-state index in [1.165, 1.54) is 5.56 Å². The van der Waals surface area contributed by atoms with Crippen molar-refractivity contribution in [1.82, 2.24) is 10.2 Å². The van der Waals surface area contributed by atoms with Crippen molar-refractivity contribution in [2.45, 2.75) is 45.6 Å². The number of carbonyl (C=O) groups excluding carboxylic acids is 1. The van der Waals surface area contributed by atoms with Gasteiger partial charge < -0.3 is 5.32 Å². The molecule has 0 unspecified atom stereocenters.